The largest absolute Gasteiger partial charge is 0.491 e. The van der Waals surface area contributed by atoms with E-state index in [0.29, 0.717) is 18.0 Å². The summed E-state index contributed by atoms with van der Waals surface area (Å²) < 4.78 is 8.19. The number of anilines is 1. The Morgan fingerprint density at radius 3 is 2.72 bits per heavy atom. The van der Waals surface area contributed by atoms with Crippen molar-refractivity contribution in [2.24, 2.45) is 0 Å². The summed E-state index contributed by atoms with van der Waals surface area (Å²) >= 11 is 2.17. The summed E-state index contributed by atoms with van der Waals surface area (Å²) in [6.45, 7) is 0.637. The molecule has 0 aliphatic rings. The van der Waals surface area contributed by atoms with E-state index in [4.69, 9.17) is 10.5 Å². The van der Waals surface area contributed by atoms with E-state index in [0.717, 1.165) is 3.57 Å². The van der Waals surface area contributed by atoms with Gasteiger partial charge in [-0.2, -0.15) is 5.10 Å². The predicted octanol–water partition coefficient (Wildman–Crippen LogP) is 1.51. The lowest BCUT2D eigenvalue weighted by Crippen LogP contribution is -2.23. The molecule has 1 unspecified atom stereocenters. The van der Waals surface area contributed by atoms with Crippen molar-refractivity contribution < 1.29 is 9.84 Å². The third-order valence-corrected chi connectivity index (χ3v) is 2.88. The van der Waals surface area contributed by atoms with Crippen molar-refractivity contribution in [3.05, 3.63) is 40.2 Å². The van der Waals surface area contributed by atoms with Crippen LogP contribution >= 0.6 is 22.6 Å². The molecule has 0 saturated heterocycles. The van der Waals surface area contributed by atoms with Gasteiger partial charge in [0, 0.05) is 11.9 Å². The van der Waals surface area contributed by atoms with Gasteiger partial charge in [0.05, 0.1) is 16.3 Å². The zero-order chi connectivity index (χ0) is 13.0. The van der Waals surface area contributed by atoms with Crippen LogP contribution in [-0.2, 0) is 6.54 Å². The van der Waals surface area contributed by atoms with E-state index in [1.54, 1.807) is 35.1 Å². The Morgan fingerprint density at radius 1 is 1.39 bits per heavy atom. The Hall–Kier alpha value is -1.28. The molecular weight excluding hydrogens is 345 g/mol. The highest BCUT2D eigenvalue weighted by atomic mass is 127. The lowest BCUT2D eigenvalue weighted by atomic mass is 10.3. The normalized spacial score (nSPS) is 12.3. The fraction of sp³-hybridized carbons (Fsp3) is 0.250. The van der Waals surface area contributed by atoms with Gasteiger partial charge in [-0.05, 0) is 46.9 Å². The van der Waals surface area contributed by atoms with Crippen LogP contribution in [0.5, 0.6) is 5.75 Å². The molecule has 1 aromatic heterocycles. The van der Waals surface area contributed by atoms with Gasteiger partial charge in [0.15, 0.2) is 0 Å². The van der Waals surface area contributed by atoms with Crippen molar-refractivity contribution in [1.82, 2.24) is 9.78 Å². The number of hydrogen-bond donors (Lipinski definition) is 2. The van der Waals surface area contributed by atoms with Crippen molar-refractivity contribution in [2.45, 2.75) is 12.6 Å². The van der Waals surface area contributed by atoms with Gasteiger partial charge in [-0.3, -0.25) is 4.68 Å². The standard InChI is InChI=1S/C12H14IN3O2/c13-9-5-15-16(6-9)7-11(17)8-18-12-3-1-10(14)2-4-12/h1-6,11,17H,7-8,14H2. The van der Waals surface area contributed by atoms with Gasteiger partial charge in [-0.15, -0.1) is 0 Å². The third kappa shape index (κ3) is 3.88. The first-order chi connectivity index (χ1) is 8.63. The number of nitrogens with two attached hydrogens (primary N) is 1. The van der Waals surface area contributed by atoms with E-state index in [2.05, 4.69) is 27.7 Å². The summed E-state index contributed by atoms with van der Waals surface area (Å²) in [7, 11) is 0. The lowest BCUT2D eigenvalue weighted by Gasteiger charge is -2.12. The fourth-order valence-electron chi connectivity index (χ4n) is 1.46. The molecule has 0 radical (unpaired) electrons. The molecule has 6 heteroatoms. The zero-order valence-corrected chi connectivity index (χ0v) is 11.8. The second kappa shape index (κ2) is 6.05. The van der Waals surface area contributed by atoms with Crippen molar-refractivity contribution in [3.63, 3.8) is 0 Å². The molecule has 0 bridgehead atoms. The summed E-state index contributed by atoms with van der Waals surface area (Å²) in [4.78, 5) is 0. The molecule has 1 aromatic carbocycles. The summed E-state index contributed by atoms with van der Waals surface area (Å²) in [5.41, 5.74) is 6.26. The Balaban J connectivity index is 1.81. The number of halogens is 1. The SMILES string of the molecule is Nc1ccc(OCC(O)Cn2cc(I)cn2)cc1. The monoisotopic (exact) mass is 359 g/mol. The van der Waals surface area contributed by atoms with Crippen molar-refractivity contribution in [2.75, 3.05) is 12.3 Å². The average molecular weight is 359 g/mol. The minimum Gasteiger partial charge on any atom is -0.491 e. The van der Waals surface area contributed by atoms with Crippen LogP contribution in [-0.4, -0.2) is 27.6 Å². The van der Waals surface area contributed by atoms with Gasteiger partial charge in [0.25, 0.3) is 0 Å². The molecule has 3 N–H and O–H groups in total. The van der Waals surface area contributed by atoms with Gasteiger partial charge in [-0.1, -0.05) is 0 Å². The third-order valence-electron chi connectivity index (χ3n) is 2.32. The topological polar surface area (TPSA) is 73.3 Å². The van der Waals surface area contributed by atoms with Gasteiger partial charge < -0.3 is 15.6 Å². The van der Waals surface area contributed by atoms with Crippen LogP contribution in [0.25, 0.3) is 0 Å². The predicted molar refractivity (Wildman–Crippen MR) is 77.3 cm³/mol. The number of aromatic nitrogens is 2. The van der Waals surface area contributed by atoms with E-state index in [1.165, 1.54) is 0 Å². The molecule has 0 aliphatic heterocycles. The van der Waals surface area contributed by atoms with E-state index >= 15 is 0 Å². The number of rotatable bonds is 5. The van der Waals surface area contributed by atoms with E-state index in [-0.39, 0.29) is 6.61 Å². The van der Waals surface area contributed by atoms with Crippen molar-refractivity contribution in [3.8, 4) is 5.75 Å². The molecule has 2 rings (SSSR count). The Bertz CT molecular complexity index is 498. The molecule has 18 heavy (non-hydrogen) atoms. The number of benzene rings is 1. The number of aliphatic hydroxyl groups is 1. The number of ether oxygens (including phenoxy) is 1. The van der Waals surface area contributed by atoms with Gasteiger partial charge in [0.1, 0.15) is 18.5 Å². The second-order valence-corrected chi connectivity index (χ2v) is 5.16. The van der Waals surface area contributed by atoms with Crippen LogP contribution in [0, 0.1) is 3.57 Å². The maximum Gasteiger partial charge on any atom is 0.119 e. The highest BCUT2D eigenvalue weighted by molar-refractivity contribution is 14.1. The summed E-state index contributed by atoms with van der Waals surface area (Å²) in [6.07, 6.45) is 3.01. The summed E-state index contributed by atoms with van der Waals surface area (Å²) in [5, 5.41) is 13.9. The molecule has 0 fully saturated rings. The van der Waals surface area contributed by atoms with E-state index in [1.807, 2.05) is 6.20 Å². The molecular formula is C12H14IN3O2. The van der Waals surface area contributed by atoms with Crippen molar-refractivity contribution >= 4 is 28.3 Å². The first-order valence-electron chi connectivity index (χ1n) is 5.48. The van der Waals surface area contributed by atoms with Crippen LogP contribution in [0.4, 0.5) is 5.69 Å². The summed E-state index contributed by atoms with van der Waals surface area (Å²) in [6, 6.07) is 7.08. The molecule has 1 heterocycles. The molecule has 0 spiro atoms. The van der Waals surface area contributed by atoms with Crippen LogP contribution < -0.4 is 10.5 Å². The molecule has 0 aliphatic carbocycles. The Morgan fingerprint density at radius 2 is 2.11 bits per heavy atom. The number of aliphatic hydroxyl groups excluding tert-OH is 1. The first-order valence-corrected chi connectivity index (χ1v) is 6.56. The Kier molecular flexibility index (Phi) is 4.43. The van der Waals surface area contributed by atoms with Gasteiger partial charge in [0.2, 0.25) is 0 Å². The van der Waals surface area contributed by atoms with Crippen LogP contribution in [0.1, 0.15) is 0 Å². The lowest BCUT2D eigenvalue weighted by molar-refractivity contribution is 0.0893. The number of hydrogen-bond acceptors (Lipinski definition) is 4. The molecule has 2 aromatic rings. The smallest absolute Gasteiger partial charge is 0.119 e. The molecule has 5 nitrogen and oxygen atoms in total. The minimum atomic E-state index is -0.599. The maximum absolute atomic E-state index is 9.81. The zero-order valence-electron chi connectivity index (χ0n) is 9.66. The number of nitrogen functional groups attached to an aromatic ring is 1. The van der Waals surface area contributed by atoms with Crippen LogP contribution in [0.2, 0.25) is 0 Å². The second-order valence-electron chi connectivity index (χ2n) is 3.91. The number of nitrogens with zero attached hydrogens (tertiary/aromatic N) is 2. The van der Waals surface area contributed by atoms with Crippen LogP contribution in [0.15, 0.2) is 36.7 Å². The van der Waals surface area contributed by atoms with E-state index < -0.39 is 6.10 Å². The highest BCUT2D eigenvalue weighted by Crippen LogP contribution is 2.13. The molecule has 0 amide bonds. The quantitative estimate of drug-likeness (QED) is 0.627. The van der Waals surface area contributed by atoms with Gasteiger partial charge in [-0.25, -0.2) is 0 Å². The van der Waals surface area contributed by atoms with Crippen molar-refractivity contribution in [1.29, 1.82) is 0 Å². The Labute approximate surface area is 119 Å². The van der Waals surface area contributed by atoms with Gasteiger partial charge >= 0.3 is 0 Å². The highest BCUT2D eigenvalue weighted by Gasteiger charge is 2.07. The maximum atomic E-state index is 9.81. The fourth-order valence-corrected chi connectivity index (χ4v) is 1.91. The average Bonchev–Trinajstić information content (AvgIpc) is 2.74. The molecule has 1 atom stereocenters. The van der Waals surface area contributed by atoms with Crippen LogP contribution in [0.3, 0.4) is 0 Å². The molecule has 0 saturated carbocycles. The molecule has 96 valence electrons. The summed E-state index contributed by atoms with van der Waals surface area (Å²) in [5.74, 6) is 0.693. The van der Waals surface area contributed by atoms with E-state index in [9.17, 15) is 5.11 Å². The minimum absolute atomic E-state index is 0.223. The first kappa shape index (κ1) is 13.2.